The fourth-order valence-electron chi connectivity index (χ4n) is 1.61. The van der Waals surface area contributed by atoms with E-state index < -0.39 is 16.1 Å². The van der Waals surface area contributed by atoms with Gasteiger partial charge in [0.25, 0.3) is 10.1 Å². The van der Waals surface area contributed by atoms with Crippen LogP contribution in [0, 0.1) is 0 Å². The Labute approximate surface area is 132 Å². The lowest BCUT2D eigenvalue weighted by molar-refractivity contribution is 0.0697. The molecule has 0 spiro atoms. The topological polar surface area (TPSA) is 147 Å². The number of carbonyl (C=O) groups is 2. The van der Waals surface area contributed by atoms with E-state index >= 15 is 0 Å². The summed E-state index contributed by atoms with van der Waals surface area (Å²) in [5.41, 5.74) is 2.85. The minimum Gasteiger partial charge on any atom is -0.478 e. The van der Waals surface area contributed by atoms with Crippen LogP contribution < -0.4 is 11.3 Å². The Morgan fingerprint density at radius 2 is 1.65 bits per heavy atom. The van der Waals surface area contributed by atoms with Crippen LogP contribution in [0.5, 0.6) is 0 Å². The van der Waals surface area contributed by atoms with Crippen molar-refractivity contribution in [2.45, 2.75) is 4.90 Å². The molecule has 8 nitrogen and oxygen atoms in total. The van der Waals surface area contributed by atoms with E-state index in [0.717, 1.165) is 0 Å². The molecular formula is C14H14N2O6S. The number of anilines is 1. The van der Waals surface area contributed by atoms with Crippen molar-refractivity contribution < 1.29 is 27.7 Å². The molecule has 23 heavy (non-hydrogen) atoms. The van der Waals surface area contributed by atoms with Crippen molar-refractivity contribution >= 4 is 28.1 Å². The van der Waals surface area contributed by atoms with Gasteiger partial charge in [-0.05, 0) is 18.2 Å². The van der Waals surface area contributed by atoms with Crippen molar-refractivity contribution in [1.29, 1.82) is 0 Å². The van der Waals surface area contributed by atoms with Gasteiger partial charge in [0.1, 0.15) is 4.90 Å². The Kier molecular flexibility index (Phi) is 6.39. The van der Waals surface area contributed by atoms with Crippen LogP contribution in [0.3, 0.4) is 0 Å². The number of rotatable bonds is 4. The first-order chi connectivity index (χ1) is 10.8. The summed E-state index contributed by atoms with van der Waals surface area (Å²) in [7, 11) is -4.28. The van der Waals surface area contributed by atoms with E-state index in [1.807, 2.05) is 0 Å². The van der Waals surface area contributed by atoms with Gasteiger partial charge >= 0.3 is 5.97 Å². The highest BCUT2D eigenvalue weighted by Gasteiger charge is 2.13. The number of hydrazine groups is 1. The molecule has 0 fully saturated rings. The normalized spacial score (nSPS) is 10.2. The van der Waals surface area contributed by atoms with Crippen LogP contribution in [-0.2, 0) is 10.1 Å². The number of hydrogen-bond acceptors (Lipinski definition) is 6. The summed E-state index contributed by atoms with van der Waals surface area (Å²) < 4.78 is 29.8. The van der Waals surface area contributed by atoms with Crippen LogP contribution >= 0.6 is 0 Å². The summed E-state index contributed by atoms with van der Waals surface area (Å²) in [6.45, 7) is 0. The first-order valence-corrected chi connectivity index (χ1v) is 7.56. The molecule has 0 aliphatic heterocycles. The Morgan fingerprint density at radius 3 is 2.09 bits per heavy atom. The van der Waals surface area contributed by atoms with Gasteiger partial charge in [-0.15, -0.1) is 0 Å². The molecular weight excluding hydrogens is 324 g/mol. The lowest BCUT2D eigenvalue weighted by Gasteiger charge is -2.02. The molecule has 0 aliphatic carbocycles. The molecule has 2 aromatic carbocycles. The number of nitrogen functional groups attached to an aromatic ring is 1. The number of para-hydroxylation sites is 1. The maximum Gasteiger partial charge on any atom is 0.337 e. The third kappa shape index (κ3) is 5.18. The molecule has 0 aromatic heterocycles. The number of carbonyl (C=O) groups excluding carboxylic acids is 1. The van der Waals surface area contributed by atoms with Gasteiger partial charge in [0.2, 0.25) is 0 Å². The lowest BCUT2D eigenvalue weighted by atomic mass is 10.2. The van der Waals surface area contributed by atoms with Crippen LogP contribution in [0.15, 0.2) is 53.4 Å². The van der Waals surface area contributed by atoms with Crippen LogP contribution in [0.2, 0.25) is 0 Å². The van der Waals surface area contributed by atoms with Crippen molar-refractivity contribution in [3.63, 3.8) is 0 Å². The predicted molar refractivity (Wildman–Crippen MR) is 82.9 cm³/mol. The van der Waals surface area contributed by atoms with Gasteiger partial charge in [-0.2, -0.15) is 8.42 Å². The summed E-state index contributed by atoms with van der Waals surface area (Å²) in [5.74, 6) is 4.09. The second kappa shape index (κ2) is 8.03. The maximum atomic E-state index is 10.6. The van der Waals surface area contributed by atoms with Gasteiger partial charge in [0.15, 0.2) is 6.29 Å². The number of hydrogen-bond donors (Lipinski definition) is 4. The molecule has 0 radical (unpaired) electrons. The van der Waals surface area contributed by atoms with Gasteiger partial charge in [0, 0.05) is 5.56 Å². The van der Waals surface area contributed by atoms with Gasteiger partial charge in [0.05, 0.1) is 11.3 Å². The largest absolute Gasteiger partial charge is 0.478 e. The van der Waals surface area contributed by atoms with Gasteiger partial charge < -0.3 is 10.5 Å². The molecule has 122 valence electrons. The van der Waals surface area contributed by atoms with Gasteiger partial charge in [-0.3, -0.25) is 15.2 Å². The van der Waals surface area contributed by atoms with Crippen molar-refractivity contribution in [1.82, 2.24) is 0 Å². The second-order valence-corrected chi connectivity index (χ2v) is 5.52. The Morgan fingerprint density at radius 1 is 1.09 bits per heavy atom. The van der Waals surface area contributed by atoms with Crippen molar-refractivity contribution in [3.05, 3.63) is 59.7 Å². The minimum atomic E-state index is -4.28. The average Bonchev–Trinajstić information content (AvgIpc) is 2.54. The van der Waals surface area contributed by atoms with E-state index in [2.05, 4.69) is 5.43 Å². The van der Waals surface area contributed by atoms with E-state index in [-0.39, 0.29) is 16.0 Å². The van der Waals surface area contributed by atoms with Crippen molar-refractivity contribution in [3.8, 4) is 0 Å². The molecule has 9 heteroatoms. The first-order valence-electron chi connectivity index (χ1n) is 6.12. The molecule has 0 saturated carbocycles. The average molecular weight is 338 g/mol. The molecule has 0 amide bonds. The van der Waals surface area contributed by atoms with E-state index in [0.29, 0.717) is 12.0 Å². The Bertz CT molecular complexity index is 804. The molecule has 0 bridgehead atoms. The third-order valence-corrected chi connectivity index (χ3v) is 3.56. The predicted octanol–water partition coefficient (Wildman–Crippen LogP) is 1.42. The zero-order valence-corrected chi connectivity index (χ0v) is 12.5. The SMILES string of the molecule is NNc1ccccc1C(=O)O.O=Cc1ccccc1S(=O)(=O)O. The summed E-state index contributed by atoms with van der Waals surface area (Å²) in [6.07, 6.45) is 0.378. The number of nitrogens with two attached hydrogens (primary N) is 1. The quantitative estimate of drug-likeness (QED) is 0.283. The number of carboxylic acids is 1. The monoisotopic (exact) mass is 338 g/mol. The molecule has 0 heterocycles. The van der Waals surface area contributed by atoms with Crippen LogP contribution in [0.4, 0.5) is 5.69 Å². The smallest absolute Gasteiger partial charge is 0.337 e. The molecule has 2 rings (SSSR count). The fourth-order valence-corrected chi connectivity index (χ4v) is 2.27. The van der Waals surface area contributed by atoms with Crippen molar-refractivity contribution in [2.24, 2.45) is 5.84 Å². The minimum absolute atomic E-state index is 0.0417. The van der Waals surface area contributed by atoms with Gasteiger partial charge in [-0.25, -0.2) is 4.79 Å². The molecule has 0 saturated heterocycles. The standard InChI is InChI=1S/C7H8N2O2.C7H6O4S/c8-9-6-4-2-1-3-5(6)7(10)11;8-5-6-3-1-2-4-7(6)12(9,10)11/h1-4,9H,8H2,(H,10,11);1-5H,(H,9,10,11). The zero-order chi connectivity index (χ0) is 17.5. The van der Waals surface area contributed by atoms with Crippen LogP contribution in [-0.4, -0.2) is 30.3 Å². The fraction of sp³-hybridized carbons (Fsp3) is 0. The molecule has 0 aliphatic rings. The first kappa shape index (κ1) is 18.3. The molecule has 0 unspecified atom stereocenters. The number of aromatic carboxylic acids is 1. The van der Waals surface area contributed by atoms with E-state index in [1.165, 1.54) is 30.3 Å². The third-order valence-electron chi connectivity index (χ3n) is 2.64. The number of nitrogens with one attached hydrogen (secondary N) is 1. The van der Waals surface area contributed by atoms with Crippen molar-refractivity contribution in [2.75, 3.05) is 5.43 Å². The number of aldehydes is 1. The molecule has 2 aromatic rings. The molecule has 5 N–H and O–H groups in total. The highest BCUT2D eigenvalue weighted by Crippen LogP contribution is 2.13. The summed E-state index contributed by atoms with van der Waals surface area (Å²) >= 11 is 0. The van der Waals surface area contributed by atoms with Crippen LogP contribution in [0.1, 0.15) is 20.7 Å². The summed E-state index contributed by atoms with van der Waals surface area (Å²) in [6, 6.07) is 11.9. The van der Waals surface area contributed by atoms with E-state index in [4.69, 9.17) is 15.5 Å². The number of carboxylic acid groups (broad SMARTS) is 1. The molecule has 0 atom stereocenters. The highest BCUT2D eigenvalue weighted by molar-refractivity contribution is 7.86. The summed E-state index contributed by atoms with van der Waals surface area (Å²) in [4.78, 5) is 20.4. The number of benzene rings is 2. The second-order valence-electron chi connectivity index (χ2n) is 4.13. The van der Waals surface area contributed by atoms with E-state index in [1.54, 1.807) is 18.2 Å². The summed E-state index contributed by atoms with van der Waals surface area (Å²) in [5, 5.41) is 8.60. The van der Waals surface area contributed by atoms with Gasteiger partial charge in [-0.1, -0.05) is 30.3 Å². The zero-order valence-electron chi connectivity index (χ0n) is 11.7. The Hall–Kier alpha value is -2.75. The highest BCUT2D eigenvalue weighted by atomic mass is 32.2. The lowest BCUT2D eigenvalue weighted by Crippen LogP contribution is -2.11. The Balaban J connectivity index is 0.000000231. The van der Waals surface area contributed by atoms with Crippen LogP contribution in [0.25, 0.3) is 0 Å². The van der Waals surface area contributed by atoms with E-state index in [9.17, 15) is 18.0 Å². The maximum absolute atomic E-state index is 10.6.